The van der Waals surface area contributed by atoms with Crippen molar-refractivity contribution in [2.75, 3.05) is 12.8 Å². The molecule has 0 unspecified atom stereocenters. The van der Waals surface area contributed by atoms with E-state index in [1.165, 1.54) is 0 Å². The summed E-state index contributed by atoms with van der Waals surface area (Å²) in [5.74, 6) is -0.0111. The Kier molecular flexibility index (Phi) is 4.36. The molecular weight excluding hydrogens is 275 g/mol. The fraction of sp³-hybridized carbons (Fsp3) is 0.417. The zero-order valence-electron chi connectivity index (χ0n) is 10.4. The molecule has 104 valence electrons. The molecule has 0 saturated carbocycles. The van der Waals surface area contributed by atoms with E-state index in [1.54, 1.807) is 10.8 Å². The Morgan fingerprint density at radius 3 is 2.89 bits per heavy atom. The van der Waals surface area contributed by atoms with Crippen LogP contribution in [0, 0.1) is 0 Å². The van der Waals surface area contributed by atoms with Crippen molar-refractivity contribution in [2.45, 2.75) is 18.6 Å². The SMILES string of the molecule is CNCc1cn(CCSC(F)(F)F)c2ncccc12. The van der Waals surface area contributed by atoms with Crippen molar-refractivity contribution in [3.05, 3.63) is 30.1 Å². The lowest BCUT2D eigenvalue weighted by Crippen LogP contribution is -2.07. The molecule has 0 radical (unpaired) electrons. The van der Waals surface area contributed by atoms with E-state index in [0.717, 1.165) is 16.6 Å². The van der Waals surface area contributed by atoms with Crippen molar-refractivity contribution >= 4 is 22.8 Å². The first-order valence-electron chi connectivity index (χ1n) is 5.79. The molecule has 2 heterocycles. The number of thioether (sulfide) groups is 1. The average Bonchev–Trinajstić information content (AvgIpc) is 2.68. The first-order valence-corrected chi connectivity index (χ1v) is 6.78. The third-order valence-electron chi connectivity index (χ3n) is 2.68. The van der Waals surface area contributed by atoms with Gasteiger partial charge in [0.2, 0.25) is 0 Å². The van der Waals surface area contributed by atoms with Gasteiger partial charge in [0, 0.05) is 36.6 Å². The van der Waals surface area contributed by atoms with Crippen LogP contribution >= 0.6 is 11.8 Å². The van der Waals surface area contributed by atoms with E-state index >= 15 is 0 Å². The van der Waals surface area contributed by atoms with E-state index in [0.29, 0.717) is 13.1 Å². The molecule has 0 aliphatic carbocycles. The second kappa shape index (κ2) is 5.83. The predicted molar refractivity (Wildman–Crippen MR) is 71.0 cm³/mol. The molecule has 0 saturated heterocycles. The molecule has 2 aromatic rings. The lowest BCUT2D eigenvalue weighted by Gasteiger charge is -2.06. The first-order chi connectivity index (χ1) is 9.01. The van der Waals surface area contributed by atoms with Crippen LogP contribution < -0.4 is 5.32 Å². The van der Waals surface area contributed by atoms with E-state index in [4.69, 9.17) is 0 Å². The fourth-order valence-electron chi connectivity index (χ4n) is 1.96. The predicted octanol–water partition coefficient (Wildman–Crippen LogP) is 3.01. The van der Waals surface area contributed by atoms with Crippen LogP contribution in [0.4, 0.5) is 13.2 Å². The van der Waals surface area contributed by atoms with Gasteiger partial charge in [0.1, 0.15) is 5.65 Å². The van der Waals surface area contributed by atoms with Crippen molar-refractivity contribution in [3.8, 4) is 0 Å². The highest BCUT2D eigenvalue weighted by molar-refractivity contribution is 8.00. The van der Waals surface area contributed by atoms with E-state index in [9.17, 15) is 13.2 Å². The highest BCUT2D eigenvalue weighted by Gasteiger charge is 2.27. The minimum Gasteiger partial charge on any atom is -0.331 e. The third kappa shape index (κ3) is 3.63. The second-order valence-corrected chi connectivity index (χ2v) is 5.21. The molecule has 0 amide bonds. The van der Waals surface area contributed by atoms with Crippen LogP contribution in [0.1, 0.15) is 5.56 Å². The monoisotopic (exact) mass is 289 g/mol. The number of pyridine rings is 1. The van der Waals surface area contributed by atoms with Gasteiger partial charge in [-0.1, -0.05) is 0 Å². The summed E-state index contributed by atoms with van der Waals surface area (Å²) in [6.45, 7) is 0.961. The van der Waals surface area contributed by atoms with Crippen molar-refractivity contribution in [2.24, 2.45) is 0 Å². The first kappa shape index (κ1) is 14.2. The molecule has 0 fully saturated rings. The average molecular weight is 289 g/mol. The normalized spacial score (nSPS) is 12.2. The van der Waals surface area contributed by atoms with Gasteiger partial charge in [0.25, 0.3) is 0 Å². The van der Waals surface area contributed by atoms with Crippen LogP contribution in [-0.2, 0) is 13.1 Å². The molecule has 0 bridgehead atoms. The van der Waals surface area contributed by atoms with E-state index in [1.807, 2.05) is 25.4 Å². The molecule has 0 atom stereocenters. The van der Waals surface area contributed by atoms with Gasteiger partial charge < -0.3 is 9.88 Å². The number of fused-ring (bicyclic) bond motifs is 1. The van der Waals surface area contributed by atoms with Crippen LogP contribution in [0.15, 0.2) is 24.5 Å². The maximum Gasteiger partial charge on any atom is 0.441 e. The van der Waals surface area contributed by atoms with Crippen LogP contribution in [0.5, 0.6) is 0 Å². The standard InChI is InChI=1S/C12H14F3N3S/c1-16-7-9-8-18(5-6-19-12(13,14)15)11-10(9)3-2-4-17-11/h2-4,8,16H,5-7H2,1H3. The Bertz CT molecular complexity index is 551. The number of halogens is 3. The lowest BCUT2D eigenvalue weighted by molar-refractivity contribution is -0.0328. The lowest BCUT2D eigenvalue weighted by atomic mass is 10.2. The molecule has 1 N–H and O–H groups in total. The fourth-order valence-corrected chi connectivity index (χ4v) is 2.48. The summed E-state index contributed by atoms with van der Waals surface area (Å²) in [4.78, 5) is 4.24. The highest BCUT2D eigenvalue weighted by Crippen LogP contribution is 2.30. The maximum absolute atomic E-state index is 12.1. The van der Waals surface area contributed by atoms with Crippen molar-refractivity contribution in [3.63, 3.8) is 0 Å². The van der Waals surface area contributed by atoms with E-state index in [-0.39, 0.29) is 17.5 Å². The molecule has 7 heteroatoms. The summed E-state index contributed by atoms with van der Waals surface area (Å²) in [5, 5.41) is 4.02. The summed E-state index contributed by atoms with van der Waals surface area (Å²) >= 11 is -0.00466. The molecule has 0 aliphatic rings. The Morgan fingerprint density at radius 2 is 2.21 bits per heavy atom. The maximum atomic E-state index is 12.1. The number of alkyl halides is 3. The third-order valence-corrected chi connectivity index (χ3v) is 3.40. The molecule has 2 rings (SSSR count). The zero-order chi connectivity index (χ0) is 13.9. The topological polar surface area (TPSA) is 29.9 Å². The van der Waals surface area contributed by atoms with Gasteiger partial charge >= 0.3 is 5.51 Å². The van der Waals surface area contributed by atoms with Crippen LogP contribution in [0.3, 0.4) is 0 Å². The summed E-state index contributed by atoms with van der Waals surface area (Å²) in [6, 6.07) is 3.76. The van der Waals surface area contributed by atoms with Crippen molar-refractivity contribution < 1.29 is 13.2 Å². The summed E-state index contributed by atoms with van der Waals surface area (Å²) in [6.07, 6.45) is 3.52. The number of aryl methyl sites for hydroxylation is 1. The molecule has 0 aliphatic heterocycles. The zero-order valence-corrected chi connectivity index (χ0v) is 11.2. The van der Waals surface area contributed by atoms with Gasteiger partial charge in [-0.25, -0.2) is 4.98 Å². The van der Waals surface area contributed by atoms with Gasteiger partial charge in [-0.3, -0.25) is 0 Å². The summed E-state index contributed by atoms with van der Waals surface area (Å²) in [5.41, 5.74) is -2.40. The highest BCUT2D eigenvalue weighted by atomic mass is 32.2. The summed E-state index contributed by atoms with van der Waals surface area (Å²) in [7, 11) is 1.83. The molecule has 3 nitrogen and oxygen atoms in total. The Hall–Kier alpha value is -1.21. The van der Waals surface area contributed by atoms with Gasteiger partial charge in [0.15, 0.2) is 0 Å². The van der Waals surface area contributed by atoms with Gasteiger partial charge in [-0.15, -0.1) is 0 Å². The van der Waals surface area contributed by atoms with E-state index in [2.05, 4.69) is 10.3 Å². The second-order valence-electron chi connectivity index (χ2n) is 4.05. The number of hydrogen-bond acceptors (Lipinski definition) is 3. The van der Waals surface area contributed by atoms with Gasteiger partial charge in [-0.2, -0.15) is 13.2 Å². The minimum absolute atomic E-state index is 0.00466. The Morgan fingerprint density at radius 1 is 1.42 bits per heavy atom. The van der Waals surface area contributed by atoms with Crippen molar-refractivity contribution in [1.29, 1.82) is 0 Å². The molecule has 0 spiro atoms. The minimum atomic E-state index is -4.18. The Balaban J connectivity index is 2.18. The molecule has 19 heavy (non-hydrogen) atoms. The largest absolute Gasteiger partial charge is 0.441 e. The van der Waals surface area contributed by atoms with E-state index < -0.39 is 5.51 Å². The summed E-state index contributed by atoms with van der Waals surface area (Å²) < 4.78 is 38.2. The number of rotatable bonds is 5. The number of hydrogen-bond donors (Lipinski definition) is 1. The van der Waals surface area contributed by atoms with Gasteiger partial charge in [-0.05, 0) is 36.5 Å². The van der Waals surface area contributed by atoms with Crippen LogP contribution in [0.2, 0.25) is 0 Å². The molecule has 0 aromatic carbocycles. The number of nitrogens with zero attached hydrogens (tertiary/aromatic N) is 2. The smallest absolute Gasteiger partial charge is 0.331 e. The van der Waals surface area contributed by atoms with Crippen LogP contribution in [0.25, 0.3) is 11.0 Å². The quantitative estimate of drug-likeness (QED) is 0.917. The Labute approximate surface area is 113 Å². The van der Waals surface area contributed by atoms with Crippen LogP contribution in [-0.4, -0.2) is 27.9 Å². The number of nitrogens with one attached hydrogen (secondary N) is 1. The van der Waals surface area contributed by atoms with Gasteiger partial charge in [0.05, 0.1) is 0 Å². The molecule has 2 aromatic heterocycles. The van der Waals surface area contributed by atoms with Crippen molar-refractivity contribution in [1.82, 2.24) is 14.9 Å². The molecular formula is C12H14F3N3S. The number of aromatic nitrogens is 2.